The van der Waals surface area contributed by atoms with Crippen LogP contribution < -0.4 is 10.6 Å². The molecule has 1 aromatic heterocycles. The molecule has 0 atom stereocenters. The fourth-order valence-electron chi connectivity index (χ4n) is 3.37. The van der Waals surface area contributed by atoms with Gasteiger partial charge in [-0.05, 0) is 43.5 Å². The summed E-state index contributed by atoms with van der Waals surface area (Å²) in [5.41, 5.74) is 0.0621. The van der Waals surface area contributed by atoms with Crippen LogP contribution in [0.1, 0.15) is 25.1 Å². The van der Waals surface area contributed by atoms with Crippen molar-refractivity contribution < 1.29 is 9.59 Å². The molecule has 26 heavy (non-hydrogen) atoms. The van der Waals surface area contributed by atoms with Crippen LogP contribution in [-0.4, -0.2) is 44.3 Å². The second kappa shape index (κ2) is 6.60. The lowest BCUT2D eigenvalue weighted by atomic mass is 10.1. The number of likely N-dealkylation sites (tertiary alicyclic amines) is 1. The van der Waals surface area contributed by atoms with E-state index in [1.807, 2.05) is 0 Å². The van der Waals surface area contributed by atoms with Gasteiger partial charge in [-0.2, -0.15) is 9.67 Å². The van der Waals surface area contributed by atoms with Crippen molar-refractivity contribution in [3.8, 4) is 0 Å². The molecule has 1 fully saturated rings. The molecule has 8 nitrogen and oxygen atoms in total. The van der Waals surface area contributed by atoms with Crippen molar-refractivity contribution in [3.63, 3.8) is 0 Å². The highest BCUT2D eigenvalue weighted by atomic mass is 35.5. The highest BCUT2D eigenvalue weighted by Crippen LogP contribution is 2.23. The zero-order valence-electron chi connectivity index (χ0n) is 14.1. The van der Waals surface area contributed by atoms with Crippen molar-refractivity contribution in [1.82, 2.24) is 19.2 Å². The normalized spacial score (nSPS) is 16.9. The summed E-state index contributed by atoms with van der Waals surface area (Å²) in [4.78, 5) is 40.7. The highest BCUT2D eigenvalue weighted by molar-refractivity contribution is 6.30. The number of anilines is 1. The lowest BCUT2D eigenvalue weighted by molar-refractivity contribution is -0.133. The number of nitrogens with zero attached hydrogens (tertiary/aromatic N) is 5. The number of hydrogen-bond donors (Lipinski definition) is 0. The summed E-state index contributed by atoms with van der Waals surface area (Å²) >= 11 is 5.87. The Bertz CT molecular complexity index is 911. The zero-order chi connectivity index (χ0) is 18.3. The van der Waals surface area contributed by atoms with E-state index in [0.29, 0.717) is 29.6 Å². The third kappa shape index (κ3) is 2.90. The fraction of sp³-hybridized carbons (Fsp3) is 0.412. The summed E-state index contributed by atoms with van der Waals surface area (Å²) in [6.07, 6.45) is 3.08. The first-order valence-electron chi connectivity index (χ1n) is 8.58. The van der Waals surface area contributed by atoms with Gasteiger partial charge in [-0.15, -0.1) is 0 Å². The summed E-state index contributed by atoms with van der Waals surface area (Å²) in [6.45, 7) is 1.47. The van der Waals surface area contributed by atoms with Crippen LogP contribution in [0.3, 0.4) is 0 Å². The van der Waals surface area contributed by atoms with E-state index in [1.54, 1.807) is 29.2 Å². The smallest absolute Gasteiger partial charge is 0.341 e. The van der Waals surface area contributed by atoms with Gasteiger partial charge in [-0.25, -0.2) is 14.3 Å². The minimum Gasteiger partial charge on any atom is -0.341 e. The first-order chi connectivity index (χ1) is 12.5. The molecular formula is C17H18ClN5O3. The van der Waals surface area contributed by atoms with Crippen molar-refractivity contribution >= 4 is 29.2 Å². The van der Waals surface area contributed by atoms with Crippen molar-refractivity contribution in [1.29, 1.82) is 0 Å². The van der Waals surface area contributed by atoms with Crippen LogP contribution in [0, 0.1) is 0 Å². The molecular weight excluding hydrogens is 358 g/mol. The number of halogens is 1. The van der Waals surface area contributed by atoms with E-state index in [2.05, 4.69) is 5.10 Å². The fourth-order valence-corrected chi connectivity index (χ4v) is 3.50. The van der Waals surface area contributed by atoms with Crippen molar-refractivity contribution in [2.45, 2.75) is 32.4 Å². The molecule has 0 aliphatic carbocycles. The molecule has 9 heteroatoms. The summed E-state index contributed by atoms with van der Waals surface area (Å²) < 4.78 is 2.11. The van der Waals surface area contributed by atoms with Gasteiger partial charge in [0, 0.05) is 23.8 Å². The predicted molar refractivity (Wildman–Crippen MR) is 95.3 cm³/mol. The third-order valence-corrected chi connectivity index (χ3v) is 5.01. The van der Waals surface area contributed by atoms with E-state index in [0.717, 1.165) is 28.5 Å². The molecule has 136 valence electrons. The molecule has 0 bridgehead atoms. The SMILES string of the molecule is O=C(Cn1nc2n(c1=O)C(=O)N(c1ccc(Cl)cc1)C2)N1CCCCC1. The minimum absolute atomic E-state index is 0.132. The molecule has 2 aromatic rings. The molecule has 0 radical (unpaired) electrons. The molecule has 1 aromatic carbocycles. The van der Waals surface area contributed by atoms with E-state index >= 15 is 0 Å². The molecule has 0 saturated carbocycles. The average Bonchev–Trinajstić information content (AvgIpc) is 3.13. The van der Waals surface area contributed by atoms with E-state index in [4.69, 9.17) is 11.6 Å². The topological polar surface area (TPSA) is 80.4 Å². The second-order valence-electron chi connectivity index (χ2n) is 6.48. The molecule has 1 saturated heterocycles. The van der Waals surface area contributed by atoms with Crippen LogP contribution in [-0.2, 0) is 17.9 Å². The van der Waals surface area contributed by atoms with Crippen molar-refractivity contribution in [2.24, 2.45) is 0 Å². The molecule has 4 rings (SSSR count). The number of carbonyl (C=O) groups is 2. The molecule has 0 unspecified atom stereocenters. The largest absolute Gasteiger partial charge is 0.354 e. The van der Waals surface area contributed by atoms with Gasteiger partial charge in [0.15, 0.2) is 5.82 Å². The van der Waals surface area contributed by atoms with Crippen LogP contribution >= 0.6 is 11.6 Å². The molecule has 2 aliphatic heterocycles. The number of aromatic nitrogens is 3. The van der Waals surface area contributed by atoms with Gasteiger partial charge in [0.25, 0.3) is 0 Å². The third-order valence-electron chi connectivity index (χ3n) is 4.76. The Morgan fingerprint density at radius 3 is 2.42 bits per heavy atom. The maximum Gasteiger partial charge on any atom is 0.354 e. The quantitative estimate of drug-likeness (QED) is 0.817. The summed E-state index contributed by atoms with van der Waals surface area (Å²) in [7, 11) is 0. The Morgan fingerprint density at radius 2 is 1.77 bits per heavy atom. The zero-order valence-corrected chi connectivity index (χ0v) is 14.9. The predicted octanol–water partition coefficient (Wildman–Crippen LogP) is 1.70. The number of hydrogen-bond acceptors (Lipinski definition) is 4. The first-order valence-corrected chi connectivity index (χ1v) is 8.96. The van der Waals surface area contributed by atoms with Crippen LogP contribution in [0.5, 0.6) is 0 Å². The van der Waals surface area contributed by atoms with E-state index in [-0.39, 0.29) is 19.0 Å². The van der Waals surface area contributed by atoms with Gasteiger partial charge in [0.05, 0.1) is 6.54 Å². The molecule has 0 spiro atoms. The first kappa shape index (κ1) is 16.8. The molecule has 3 heterocycles. The summed E-state index contributed by atoms with van der Waals surface area (Å²) in [5, 5.41) is 4.77. The highest BCUT2D eigenvalue weighted by Gasteiger charge is 2.34. The van der Waals surface area contributed by atoms with Gasteiger partial charge in [-0.1, -0.05) is 11.6 Å². The minimum atomic E-state index is -0.577. The number of benzene rings is 1. The Morgan fingerprint density at radius 1 is 1.08 bits per heavy atom. The molecule has 0 N–H and O–H groups in total. The second-order valence-corrected chi connectivity index (χ2v) is 6.91. The maximum atomic E-state index is 12.6. The molecule has 2 amide bonds. The van der Waals surface area contributed by atoms with Gasteiger partial charge in [0.2, 0.25) is 5.91 Å². The number of carbonyl (C=O) groups excluding carboxylic acids is 2. The summed E-state index contributed by atoms with van der Waals surface area (Å²) in [5.74, 6) is 0.201. The number of fused-ring (bicyclic) bond motifs is 1. The monoisotopic (exact) mass is 375 g/mol. The van der Waals surface area contributed by atoms with Crippen LogP contribution in [0.25, 0.3) is 0 Å². The van der Waals surface area contributed by atoms with Crippen molar-refractivity contribution in [3.05, 3.63) is 45.6 Å². The van der Waals surface area contributed by atoms with Crippen molar-refractivity contribution in [2.75, 3.05) is 18.0 Å². The lowest BCUT2D eigenvalue weighted by Gasteiger charge is -2.26. The Kier molecular flexibility index (Phi) is 4.28. The number of amides is 2. The van der Waals surface area contributed by atoms with Crippen LogP contribution in [0.4, 0.5) is 10.5 Å². The number of piperidine rings is 1. The van der Waals surface area contributed by atoms with E-state index in [1.165, 1.54) is 4.90 Å². The van der Waals surface area contributed by atoms with Gasteiger partial charge < -0.3 is 4.90 Å². The van der Waals surface area contributed by atoms with Crippen LogP contribution in [0.2, 0.25) is 5.02 Å². The Hall–Kier alpha value is -2.61. The van der Waals surface area contributed by atoms with E-state index < -0.39 is 11.7 Å². The van der Waals surface area contributed by atoms with Crippen LogP contribution in [0.15, 0.2) is 29.1 Å². The summed E-state index contributed by atoms with van der Waals surface area (Å²) in [6, 6.07) is 6.32. The average molecular weight is 376 g/mol. The Labute approximate surface area is 154 Å². The van der Waals surface area contributed by atoms with E-state index in [9.17, 15) is 14.4 Å². The lowest BCUT2D eigenvalue weighted by Crippen LogP contribution is -2.41. The van der Waals surface area contributed by atoms with Gasteiger partial charge in [-0.3, -0.25) is 9.69 Å². The van der Waals surface area contributed by atoms with Gasteiger partial charge in [0.1, 0.15) is 6.54 Å². The maximum absolute atomic E-state index is 12.6. The standard InChI is InChI=1S/C17H18ClN5O3/c18-12-4-6-13(7-5-12)21-10-14-19-22(17(26)23(14)16(21)25)11-15(24)20-8-2-1-3-9-20/h4-7H,1-3,8-11H2. The van der Waals surface area contributed by atoms with Gasteiger partial charge >= 0.3 is 11.7 Å². The number of rotatable bonds is 3. The molecule has 2 aliphatic rings. The Balaban J connectivity index is 1.53.